The molecule has 98 valence electrons. The second-order valence-corrected chi connectivity index (χ2v) is 6.36. The normalized spacial score (nSPS) is 19.4. The second kappa shape index (κ2) is 5.22. The molecule has 1 aliphatic heterocycles. The molecule has 3 heteroatoms. The van der Waals surface area contributed by atoms with Crippen LogP contribution in [0.1, 0.15) is 36.8 Å². The summed E-state index contributed by atoms with van der Waals surface area (Å²) in [6.07, 6.45) is 6.35. The summed E-state index contributed by atoms with van der Waals surface area (Å²) in [7, 11) is 0. The highest BCUT2D eigenvalue weighted by atomic mass is 79.9. The summed E-state index contributed by atoms with van der Waals surface area (Å²) in [5, 5.41) is 9.87. The molecule has 1 aromatic rings. The van der Waals surface area contributed by atoms with Crippen molar-refractivity contribution >= 4 is 15.9 Å². The van der Waals surface area contributed by atoms with E-state index in [1.54, 1.807) is 0 Å². The van der Waals surface area contributed by atoms with Crippen molar-refractivity contribution in [2.45, 2.75) is 44.6 Å². The van der Waals surface area contributed by atoms with Gasteiger partial charge in [-0.3, -0.25) is 0 Å². The van der Waals surface area contributed by atoms with Gasteiger partial charge in [0.15, 0.2) is 0 Å². The van der Waals surface area contributed by atoms with Crippen molar-refractivity contribution < 1.29 is 9.84 Å². The molecule has 2 aliphatic rings. The lowest BCUT2D eigenvalue weighted by molar-refractivity contribution is 0.139. The van der Waals surface area contributed by atoms with Gasteiger partial charge in [-0.2, -0.15) is 0 Å². The Labute approximate surface area is 116 Å². The van der Waals surface area contributed by atoms with Crippen molar-refractivity contribution in [2.24, 2.45) is 5.92 Å². The number of aliphatic hydroxyl groups excluding tert-OH is 1. The van der Waals surface area contributed by atoms with E-state index in [0.717, 1.165) is 42.5 Å². The Morgan fingerprint density at radius 3 is 3.00 bits per heavy atom. The Kier molecular flexibility index (Phi) is 3.62. The zero-order valence-electron chi connectivity index (χ0n) is 10.5. The highest BCUT2D eigenvalue weighted by Gasteiger charge is 2.29. The van der Waals surface area contributed by atoms with E-state index < -0.39 is 0 Å². The molecular weight excluding hydrogens is 292 g/mol. The number of benzene rings is 1. The Bertz CT molecular complexity index is 440. The Morgan fingerprint density at radius 1 is 1.39 bits per heavy atom. The summed E-state index contributed by atoms with van der Waals surface area (Å²) in [4.78, 5) is 0. The van der Waals surface area contributed by atoms with Crippen LogP contribution in [0.15, 0.2) is 16.6 Å². The van der Waals surface area contributed by atoms with Gasteiger partial charge in [0, 0.05) is 10.9 Å². The first kappa shape index (κ1) is 12.5. The number of rotatable bonds is 5. The van der Waals surface area contributed by atoms with Gasteiger partial charge in [-0.1, -0.05) is 15.9 Å². The summed E-state index contributed by atoms with van der Waals surface area (Å²) < 4.78 is 6.86. The van der Waals surface area contributed by atoms with Gasteiger partial charge in [-0.15, -0.1) is 0 Å². The van der Waals surface area contributed by atoms with Gasteiger partial charge < -0.3 is 9.84 Å². The van der Waals surface area contributed by atoms with Crippen molar-refractivity contribution in [3.63, 3.8) is 0 Å². The van der Waals surface area contributed by atoms with Crippen molar-refractivity contribution in [3.8, 4) is 5.75 Å². The maximum atomic E-state index is 9.87. The maximum absolute atomic E-state index is 9.87. The number of halogens is 1. The number of fused-ring (bicyclic) bond motifs is 1. The molecule has 0 radical (unpaired) electrons. The van der Waals surface area contributed by atoms with Crippen LogP contribution in [-0.4, -0.2) is 17.8 Å². The van der Waals surface area contributed by atoms with E-state index in [-0.39, 0.29) is 6.10 Å². The van der Waals surface area contributed by atoms with Crippen LogP contribution in [0, 0.1) is 5.92 Å². The third-order valence-electron chi connectivity index (χ3n) is 3.94. The molecule has 0 saturated heterocycles. The van der Waals surface area contributed by atoms with E-state index in [9.17, 15) is 5.11 Å². The molecule has 1 unspecified atom stereocenters. The molecule has 1 aliphatic carbocycles. The lowest BCUT2D eigenvalue weighted by Crippen LogP contribution is -2.09. The molecule has 0 amide bonds. The minimum Gasteiger partial charge on any atom is -0.493 e. The number of aryl methyl sites for hydroxylation is 1. The largest absolute Gasteiger partial charge is 0.493 e. The molecule has 1 saturated carbocycles. The fourth-order valence-electron chi connectivity index (χ4n) is 2.75. The van der Waals surface area contributed by atoms with Crippen molar-refractivity contribution in [2.75, 3.05) is 6.61 Å². The standard InChI is InChI=1S/C15H19BrO2/c16-13-8-11(15-12(9-13)6-7-18-15)2-1-3-14(17)10-4-5-10/h8-10,14,17H,1-7H2. The van der Waals surface area contributed by atoms with Gasteiger partial charge in [0.05, 0.1) is 12.7 Å². The molecule has 3 rings (SSSR count). The van der Waals surface area contributed by atoms with E-state index in [1.165, 1.54) is 24.0 Å². The van der Waals surface area contributed by atoms with Gasteiger partial charge >= 0.3 is 0 Å². The van der Waals surface area contributed by atoms with Crippen LogP contribution >= 0.6 is 15.9 Å². The molecule has 1 N–H and O–H groups in total. The van der Waals surface area contributed by atoms with Crippen LogP contribution in [0.4, 0.5) is 0 Å². The highest BCUT2D eigenvalue weighted by Crippen LogP contribution is 2.36. The van der Waals surface area contributed by atoms with E-state index in [1.807, 2.05) is 0 Å². The SMILES string of the molecule is OC(CCCc1cc(Br)cc2c1OCC2)C1CC1. The van der Waals surface area contributed by atoms with Crippen LogP contribution < -0.4 is 4.74 Å². The molecule has 0 aromatic heterocycles. The van der Waals surface area contributed by atoms with E-state index in [2.05, 4.69) is 28.1 Å². The van der Waals surface area contributed by atoms with Gasteiger partial charge in [0.25, 0.3) is 0 Å². The number of ether oxygens (including phenoxy) is 1. The fourth-order valence-corrected chi connectivity index (χ4v) is 3.30. The minimum atomic E-state index is -0.0777. The summed E-state index contributed by atoms with van der Waals surface area (Å²) in [6, 6.07) is 4.32. The van der Waals surface area contributed by atoms with Gasteiger partial charge in [0.2, 0.25) is 0 Å². The van der Waals surface area contributed by atoms with Crippen LogP contribution in [0.3, 0.4) is 0 Å². The third-order valence-corrected chi connectivity index (χ3v) is 4.40. The molecule has 2 nitrogen and oxygen atoms in total. The van der Waals surface area contributed by atoms with Crippen molar-refractivity contribution in [1.82, 2.24) is 0 Å². The molecule has 1 fully saturated rings. The number of hydrogen-bond donors (Lipinski definition) is 1. The van der Waals surface area contributed by atoms with E-state index in [0.29, 0.717) is 5.92 Å². The molecule has 1 heterocycles. The monoisotopic (exact) mass is 310 g/mol. The maximum Gasteiger partial charge on any atom is 0.125 e. The molecule has 0 spiro atoms. The van der Waals surface area contributed by atoms with Gasteiger partial charge in [0.1, 0.15) is 5.75 Å². The predicted octanol–water partition coefficient (Wildman–Crippen LogP) is 3.48. The summed E-state index contributed by atoms with van der Waals surface area (Å²) in [6.45, 7) is 0.809. The van der Waals surface area contributed by atoms with E-state index >= 15 is 0 Å². The van der Waals surface area contributed by atoms with Crippen molar-refractivity contribution in [1.29, 1.82) is 0 Å². The predicted molar refractivity (Wildman–Crippen MR) is 75.0 cm³/mol. The van der Waals surface area contributed by atoms with Crippen LogP contribution in [0.2, 0.25) is 0 Å². The lowest BCUT2D eigenvalue weighted by Gasteiger charge is -2.11. The second-order valence-electron chi connectivity index (χ2n) is 5.45. The van der Waals surface area contributed by atoms with Crippen LogP contribution in [0.5, 0.6) is 5.75 Å². The summed E-state index contributed by atoms with van der Waals surface area (Å²) >= 11 is 3.56. The zero-order valence-corrected chi connectivity index (χ0v) is 12.1. The average Bonchev–Trinajstić information content (AvgIpc) is 3.08. The minimum absolute atomic E-state index is 0.0777. The zero-order chi connectivity index (χ0) is 12.5. The Hall–Kier alpha value is -0.540. The summed E-state index contributed by atoms with van der Waals surface area (Å²) in [5.41, 5.74) is 2.61. The number of aliphatic hydroxyl groups is 1. The molecule has 1 atom stereocenters. The number of hydrogen-bond acceptors (Lipinski definition) is 2. The fraction of sp³-hybridized carbons (Fsp3) is 0.600. The Morgan fingerprint density at radius 2 is 2.22 bits per heavy atom. The highest BCUT2D eigenvalue weighted by molar-refractivity contribution is 9.10. The lowest BCUT2D eigenvalue weighted by atomic mass is 10.0. The van der Waals surface area contributed by atoms with Gasteiger partial charge in [-0.05, 0) is 61.3 Å². The molecule has 0 bridgehead atoms. The van der Waals surface area contributed by atoms with Crippen LogP contribution in [-0.2, 0) is 12.8 Å². The van der Waals surface area contributed by atoms with E-state index in [4.69, 9.17) is 4.74 Å². The first-order chi connectivity index (χ1) is 8.74. The van der Waals surface area contributed by atoms with Crippen LogP contribution in [0.25, 0.3) is 0 Å². The average molecular weight is 311 g/mol. The topological polar surface area (TPSA) is 29.5 Å². The first-order valence-corrected chi connectivity index (χ1v) is 7.65. The smallest absolute Gasteiger partial charge is 0.125 e. The quantitative estimate of drug-likeness (QED) is 0.902. The summed E-state index contributed by atoms with van der Waals surface area (Å²) in [5.74, 6) is 1.69. The Balaban J connectivity index is 1.61. The third kappa shape index (κ3) is 2.72. The first-order valence-electron chi connectivity index (χ1n) is 6.86. The molecular formula is C15H19BrO2. The van der Waals surface area contributed by atoms with Crippen molar-refractivity contribution in [3.05, 3.63) is 27.7 Å². The van der Waals surface area contributed by atoms with Gasteiger partial charge in [-0.25, -0.2) is 0 Å². The molecule has 1 aromatic carbocycles. The molecule has 18 heavy (non-hydrogen) atoms.